The molecule has 1 aromatic heterocycles. The van der Waals surface area contributed by atoms with Crippen LogP contribution in [0.15, 0.2) is 27.6 Å². The molecule has 2 rings (SSSR count). The number of aryl methyl sites for hydroxylation is 4. The summed E-state index contributed by atoms with van der Waals surface area (Å²) in [5.74, 6) is -1.29. The van der Waals surface area contributed by atoms with E-state index in [2.05, 4.69) is 15.2 Å². The number of benzene rings is 1. The van der Waals surface area contributed by atoms with Gasteiger partial charge in [0.1, 0.15) is 16.6 Å². The second kappa shape index (κ2) is 8.53. The topological polar surface area (TPSA) is 128 Å². The van der Waals surface area contributed by atoms with Crippen LogP contribution in [0, 0.1) is 27.7 Å². The van der Waals surface area contributed by atoms with Gasteiger partial charge in [-0.3, -0.25) is 9.59 Å². The van der Waals surface area contributed by atoms with Crippen molar-refractivity contribution in [2.24, 2.45) is 0 Å². The monoisotopic (exact) mass is 409 g/mol. The van der Waals surface area contributed by atoms with Crippen LogP contribution in [-0.2, 0) is 24.3 Å². The molecule has 0 spiro atoms. The molecule has 9 nitrogen and oxygen atoms in total. The molecule has 0 radical (unpaired) electrons. The highest BCUT2D eigenvalue weighted by Gasteiger charge is 2.29. The highest BCUT2D eigenvalue weighted by molar-refractivity contribution is 7.89. The minimum Gasteiger partial charge on any atom is -0.454 e. The molecule has 10 heteroatoms. The number of para-hydroxylation sites is 1. The van der Waals surface area contributed by atoms with E-state index in [9.17, 15) is 18.0 Å². The average Bonchev–Trinajstić information content (AvgIpc) is 2.95. The molecule has 0 aliphatic heterocycles. The average molecular weight is 409 g/mol. The van der Waals surface area contributed by atoms with Crippen molar-refractivity contribution in [3.05, 3.63) is 40.8 Å². The Bertz CT molecular complexity index is 957. The Morgan fingerprint density at radius 3 is 2.32 bits per heavy atom. The van der Waals surface area contributed by atoms with E-state index in [0.717, 1.165) is 11.1 Å². The fraction of sp³-hybridized carbons (Fsp3) is 0.389. The zero-order valence-corrected chi connectivity index (χ0v) is 17.1. The van der Waals surface area contributed by atoms with Gasteiger partial charge in [-0.05, 0) is 45.7 Å². The number of esters is 1. The quantitative estimate of drug-likeness (QED) is 0.667. The summed E-state index contributed by atoms with van der Waals surface area (Å²) < 4.78 is 36.8. The third-order valence-corrected chi connectivity index (χ3v) is 5.80. The lowest BCUT2D eigenvalue weighted by Crippen LogP contribution is -2.40. The molecule has 1 amide bonds. The Morgan fingerprint density at radius 2 is 1.79 bits per heavy atom. The van der Waals surface area contributed by atoms with Gasteiger partial charge in [-0.15, -0.1) is 0 Å². The predicted molar refractivity (Wildman–Crippen MR) is 101 cm³/mol. The molecule has 0 aliphatic carbocycles. The van der Waals surface area contributed by atoms with Crippen molar-refractivity contribution < 1.29 is 27.3 Å². The van der Waals surface area contributed by atoms with E-state index in [1.165, 1.54) is 20.8 Å². The van der Waals surface area contributed by atoms with Crippen molar-refractivity contribution in [3.63, 3.8) is 0 Å². The predicted octanol–water partition coefficient (Wildman–Crippen LogP) is 1.76. The first-order chi connectivity index (χ1) is 13.0. The van der Waals surface area contributed by atoms with Crippen molar-refractivity contribution >= 4 is 27.6 Å². The molecule has 152 valence electrons. The van der Waals surface area contributed by atoms with Crippen molar-refractivity contribution in [1.82, 2.24) is 9.88 Å². The van der Waals surface area contributed by atoms with Crippen LogP contribution in [0.2, 0.25) is 0 Å². The SMILES string of the molecule is Cc1cccc(C)c1NC(=O)COC(=O)[C@H](C)NS(=O)(=O)c1c(C)noc1C. The van der Waals surface area contributed by atoms with Crippen LogP contribution in [0.5, 0.6) is 0 Å². The third kappa shape index (κ3) is 4.96. The van der Waals surface area contributed by atoms with Crippen LogP contribution < -0.4 is 10.0 Å². The molecule has 28 heavy (non-hydrogen) atoms. The minimum atomic E-state index is -4.03. The van der Waals surface area contributed by atoms with E-state index >= 15 is 0 Å². The number of hydrogen-bond acceptors (Lipinski definition) is 7. The number of anilines is 1. The number of nitrogens with zero attached hydrogens (tertiary/aromatic N) is 1. The van der Waals surface area contributed by atoms with Gasteiger partial charge in [0.2, 0.25) is 10.0 Å². The Balaban J connectivity index is 1.95. The van der Waals surface area contributed by atoms with Crippen LogP contribution in [0.25, 0.3) is 0 Å². The number of amides is 1. The molecule has 2 aromatic rings. The highest BCUT2D eigenvalue weighted by atomic mass is 32.2. The van der Waals surface area contributed by atoms with E-state index in [1.54, 1.807) is 0 Å². The lowest BCUT2D eigenvalue weighted by Gasteiger charge is -2.14. The first kappa shape index (κ1) is 21.6. The largest absolute Gasteiger partial charge is 0.454 e. The van der Waals surface area contributed by atoms with Crippen LogP contribution >= 0.6 is 0 Å². The highest BCUT2D eigenvalue weighted by Crippen LogP contribution is 2.20. The van der Waals surface area contributed by atoms with Gasteiger partial charge >= 0.3 is 5.97 Å². The smallest absolute Gasteiger partial charge is 0.324 e. The fourth-order valence-corrected chi connectivity index (χ4v) is 4.17. The van der Waals surface area contributed by atoms with Crippen molar-refractivity contribution in [2.75, 3.05) is 11.9 Å². The maximum atomic E-state index is 12.4. The van der Waals surface area contributed by atoms with Gasteiger partial charge in [-0.25, -0.2) is 8.42 Å². The van der Waals surface area contributed by atoms with Gasteiger partial charge in [0.05, 0.1) is 0 Å². The second-order valence-corrected chi connectivity index (χ2v) is 8.07. The summed E-state index contributed by atoms with van der Waals surface area (Å²) in [4.78, 5) is 24.0. The van der Waals surface area contributed by atoms with Gasteiger partial charge in [0.15, 0.2) is 12.4 Å². The number of rotatable bonds is 7. The molecule has 0 bridgehead atoms. The Kier molecular flexibility index (Phi) is 6.57. The standard InChI is InChI=1S/C18H23N3O6S/c1-10-7-6-8-11(2)16(10)19-15(22)9-26-18(23)13(4)21-28(24,25)17-12(3)20-27-14(17)5/h6-8,13,21H,9H2,1-5H3,(H,19,22)/t13-/m0/s1. The summed E-state index contributed by atoms with van der Waals surface area (Å²) in [7, 11) is -4.03. The van der Waals surface area contributed by atoms with Gasteiger partial charge < -0.3 is 14.6 Å². The third-order valence-electron chi connectivity index (χ3n) is 4.01. The molecule has 0 fully saturated rings. The molecule has 0 aliphatic rings. The van der Waals surface area contributed by atoms with Gasteiger partial charge in [-0.1, -0.05) is 23.4 Å². The first-order valence-electron chi connectivity index (χ1n) is 8.51. The van der Waals surface area contributed by atoms with Crippen molar-refractivity contribution in [2.45, 2.75) is 45.6 Å². The summed E-state index contributed by atoms with van der Waals surface area (Å²) in [5, 5.41) is 6.27. The normalized spacial score (nSPS) is 12.5. The van der Waals surface area contributed by atoms with E-state index in [4.69, 9.17) is 9.26 Å². The second-order valence-electron chi connectivity index (χ2n) is 6.42. The zero-order chi connectivity index (χ0) is 21.1. The summed E-state index contributed by atoms with van der Waals surface area (Å²) >= 11 is 0. The van der Waals surface area contributed by atoms with Crippen LogP contribution in [0.3, 0.4) is 0 Å². The van der Waals surface area contributed by atoms with Crippen LogP contribution in [-0.4, -0.2) is 38.1 Å². The molecular formula is C18H23N3O6S. The molecular weight excluding hydrogens is 386 g/mol. The Hall–Kier alpha value is -2.72. The molecule has 0 saturated carbocycles. The molecule has 1 aromatic carbocycles. The van der Waals surface area contributed by atoms with Crippen LogP contribution in [0.4, 0.5) is 5.69 Å². The van der Waals surface area contributed by atoms with E-state index < -0.39 is 34.5 Å². The molecule has 1 atom stereocenters. The summed E-state index contributed by atoms with van der Waals surface area (Å²) in [6, 6.07) is 4.36. The number of aromatic nitrogens is 1. The summed E-state index contributed by atoms with van der Waals surface area (Å²) in [6.45, 7) is 7.41. The van der Waals surface area contributed by atoms with Crippen molar-refractivity contribution in [1.29, 1.82) is 0 Å². The maximum Gasteiger partial charge on any atom is 0.324 e. The van der Waals surface area contributed by atoms with E-state index in [0.29, 0.717) is 5.69 Å². The summed E-state index contributed by atoms with van der Waals surface area (Å²) in [6.07, 6.45) is 0. The number of carbonyl (C=O) groups excluding carboxylic acids is 2. The number of hydrogen-bond donors (Lipinski definition) is 2. The molecule has 2 N–H and O–H groups in total. The number of sulfonamides is 1. The number of carbonyl (C=O) groups is 2. The van der Waals surface area contributed by atoms with E-state index in [-0.39, 0.29) is 16.3 Å². The molecule has 0 saturated heterocycles. The lowest BCUT2D eigenvalue weighted by atomic mass is 10.1. The Morgan fingerprint density at radius 1 is 1.18 bits per heavy atom. The van der Waals surface area contributed by atoms with E-state index in [1.807, 2.05) is 32.0 Å². The number of nitrogens with one attached hydrogen (secondary N) is 2. The van der Waals surface area contributed by atoms with Crippen LogP contribution in [0.1, 0.15) is 29.5 Å². The fourth-order valence-electron chi connectivity index (χ4n) is 2.65. The Labute approximate surface area is 163 Å². The lowest BCUT2D eigenvalue weighted by molar-refractivity contribution is -0.148. The van der Waals surface area contributed by atoms with Gasteiger partial charge in [-0.2, -0.15) is 4.72 Å². The molecule has 0 unspecified atom stereocenters. The minimum absolute atomic E-state index is 0.110. The zero-order valence-electron chi connectivity index (χ0n) is 16.3. The van der Waals surface area contributed by atoms with Gasteiger partial charge in [0, 0.05) is 5.69 Å². The number of ether oxygens (including phenoxy) is 1. The van der Waals surface area contributed by atoms with Crippen molar-refractivity contribution in [3.8, 4) is 0 Å². The first-order valence-corrected chi connectivity index (χ1v) is 9.99. The molecule has 1 heterocycles. The van der Waals surface area contributed by atoms with Gasteiger partial charge in [0.25, 0.3) is 5.91 Å². The maximum absolute atomic E-state index is 12.4. The summed E-state index contributed by atoms with van der Waals surface area (Å²) in [5.41, 5.74) is 2.58.